The molecule has 3 rings (SSSR count). The molecule has 110 valence electrons. The molecule has 5 nitrogen and oxygen atoms in total. The largest absolute Gasteiger partial charge is 0.457 e. The molecular weight excluding hydrogens is 280 g/mol. The lowest BCUT2D eigenvalue weighted by molar-refractivity contribution is 0.482. The fourth-order valence-electron chi connectivity index (χ4n) is 2.22. The van der Waals surface area contributed by atoms with E-state index in [1.807, 2.05) is 30.3 Å². The SMILES string of the molecule is Cc1cc(=O)[nH]c(=O)n1-c1ccc(Oc2ccccc2)cc1. The fourth-order valence-corrected chi connectivity index (χ4v) is 2.22. The number of hydrogen-bond donors (Lipinski definition) is 1. The van der Waals surface area contributed by atoms with Gasteiger partial charge in [0.25, 0.3) is 5.56 Å². The minimum absolute atomic E-state index is 0.400. The fraction of sp³-hybridized carbons (Fsp3) is 0.0588. The quantitative estimate of drug-likeness (QED) is 0.807. The molecule has 0 fully saturated rings. The topological polar surface area (TPSA) is 64.1 Å². The molecule has 0 unspecified atom stereocenters. The van der Waals surface area contributed by atoms with Crippen LogP contribution < -0.4 is 16.0 Å². The Morgan fingerprint density at radius 2 is 1.55 bits per heavy atom. The summed E-state index contributed by atoms with van der Waals surface area (Å²) < 4.78 is 7.14. The van der Waals surface area contributed by atoms with Crippen molar-refractivity contribution in [2.24, 2.45) is 0 Å². The van der Waals surface area contributed by atoms with E-state index in [1.54, 1.807) is 31.2 Å². The number of benzene rings is 2. The van der Waals surface area contributed by atoms with Crippen LogP contribution in [0.15, 0.2) is 70.3 Å². The summed E-state index contributed by atoms with van der Waals surface area (Å²) in [5.41, 5.74) is 0.383. The molecular formula is C17H14N2O3. The van der Waals surface area contributed by atoms with Gasteiger partial charge in [-0.3, -0.25) is 14.3 Å². The summed E-state index contributed by atoms with van der Waals surface area (Å²) in [4.78, 5) is 25.4. The second-order valence-corrected chi connectivity index (χ2v) is 4.82. The van der Waals surface area contributed by atoms with Gasteiger partial charge in [-0.05, 0) is 43.3 Å². The second kappa shape index (κ2) is 5.73. The maximum atomic E-state index is 11.9. The summed E-state index contributed by atoms with van der Waals surface area (Å²) in [5, 5.41) is 0. The molecule has 0 atom stereocenters. The van der Waals surface area contributed by atoms with E-state index in [2.05, 4.69) is 4.98 Å². The molecule has 0 aliphatic rings. The molecule has 0 saturated heterocycles. The van der Waals surface area contributed by atoms with Crippen LogP contribution in [-0.4, -0.2) is 9.55 Å². The van der Waals surface area contributed by atoms with Gasteiger partial charge in [-0.1, -0.05) is 18.2 Å². The number of aryl methyl sites for hydroxylation is 1. The monoisotopic (exact) mass is 294 g/mol. The molecule has 2 aromatic carbocycles. The van der Waals surface area contributed by atoms with Crippen LogP contribution in [0, 0.1) is 6.92 Å². The van der Waals surface area contributed by atoms with Gasteiger partial charge in [-0.15, -0.1) is 0 Å². The van der Waals surface area contributed by atoms with Crippen molar-refractivity contribution in [2.75, 3.05) is 0 Å². The van der Waals surface area contributed by atoms with Crippen molar-refractivity contribution in [3.8, 4) is 17.2 Å². The minimum atomic E-state index is -0.457. The average Bonchev–Trinajstić information content (AvgIpc) is 2.49. The normalized spacial score (nSPS) is 10.4. The molecule has 0 aliphatic heterocycles. The van der Waals surface area contributed by atoms with Gasteiger partial charge in [0.1, 0.15) is 11.5 Å². The van der Waals surface area contributed by atoms with Gasteiger partial charge in [0.05, 0.1) is 5.69 Å². The third-order valence-electron chi connectivity index (χ3n) is 3.20. The van der Waals surface area contributed by atoms with Gasteiger partial charge in [0.15, 0.2) is 0 Å². The van der Waals surface area contributed by atoms with Crippen LogP contribution in [0.1, 0.15) is 5.69 Å². The molecule has 1 N–H and O–H groups in total. The predicted octanol–water partition coefficient (Wildman–Crippen LogP) is 2.63. The van der Waals surface area contributed by atoms with E-state index in [-0.39, 0.29) is 0 Å². The zero-order chi connectivity index (χ0) is 15.5. The second-order valence-electron chi connectivity index (χ2n) is 4.82. The molecule has 3 aromatic rings. The number of rotatable bonds is 3. The zero-order valence-corrected chi connectivity index (χ0v) is 11.9. The Morgan fingerprint density at radius 3 is 2.18 bits per heavy atom. The number of para-hydroxylation sites is 1. The van der Waals surface area contributed by atoms with Crippen molar-refractivity contribution in [3.63, 3.8) is 0 Å². The molecule has 0 amide bonds. The first-order valence-electron chi connectivity index (χ1n) is 6.80. The Hall–Kier alpha value is -3.08. The van der Waals surface area contributed by atoms with E-state index in [4.69, 9.17) is 4.74 Å². The van der Waals surface area contributed by atoms with Gasteiger partial charge < -0.3 is 4.74 Å². The highest BCUT2D eigenvalue weighted by molar-refractivity contribution is 5.40. The van der Waals surface area contributed by atoms with Crippen LogP contribution in [-0.2, 0) is 0 Å². The van der Waals surface area contributed by atoms with E-state index in [0.29, 0.717) is 17.1 Å². The lowest BCUT2D eigenvalue weighted by Gasteiger charge is -2.10. The van der Waals surface area contributed by atoms with Crippen molar-refractivity contribution < 1.29 is 4.74 Å². The van der Waals surface area contributed by atoms with Crippen LogP contribution in [0.3, 0.4) is 0 Å². The standard InChI is InChI=1S/C17H14N2O3/c1-12-11-16(20)18-17(21)19(12)13-7-9-15(10-8-13)22-14-5-3-2-4-6-14/h2-11H,1H3,(H,18,20,21). The van der Waals surface area contributed by atoms with E-state index >= 15 is 0 Å². The Balaban J connectivity index is 1.92. The summed E-state index contributed by atoms with van der Waals surface area (Å²) in [6.45, 7) is 1.71. The number of ether oxygens (including phenoxy) is 1. The lowest BCUT2D eigenvalue weighted by atomic mass is 10.2. The highest BCUT2D eigenvalue weighted by atomic mass is 16.5. The number of nitrogens with one attached hydrogen (secondary N) is 1. The Labute approximate surface area is 126 Å². The number of aromatic amines is 1. The first-order valence-corrected chi connectivity index (χ1v) is 6.80. The minimum Gasteiger partial charge on any atom is -0.457 e. The van der Waals surface area contributed by atoms with Gasteiger partial charge in [-0.2, -0.15) is 0 Å². The third kappa shape index (κ3) is 2.83. The van der Waals surface area contributed by atoms with Crippen LogP contribution in [0.5, 0.6) is 11.5 Å². The number of H-pyrrole nitrogens is 1. The summed E-state index contributed by atoms with van der Waals surface area (Å²) in [6, 6.07) is 17.9. The molecule has 0 spiro atoms. The molecule has 1 aromatic heterocycles. The van der Waals surface area contributed by atoms with Gasteiger partial charge in [0.2, 0.25) is 0 Å². The van der Waals surface area contributed by atoms with E-state index in [0.717, 1.165) is 5.75 Å². The average molecular weight is 294 g/mol. The molecule has 0 saturated carbocycles. The molecule has 5 heteroatoms. The third-order valence-corrected chi connectivity index (χ3v) is 3.20. The maximum Gasteiger partial charge on any atom is 0.333 e. The predicted molar refractivity (Wildman–Crippen MR) is 83.9 cm³/mol. The van der Waals surface area contributed by atoms with Gasteiger partial charge in [0, 0.05) is 11.8 Å². The van der Waals surface area contributed by atoms with Crippen molar-refractivity contribution in [1.29, 1.82) is 0 Å². The maximum absolute atomic E-state index is 11.9. The number of nitrogens with zero attached hydrogens (tertiary/aromatic N) is 1. The number of hydrogen-bond acceptors (Lipinski definition) is 3. The summed E-state index contributed by atoms with van der Waals surface area (Å²) in [5.74, 6) is 1.41. The lowest BCUT2D eigenvalue weighted by Crippen LogP contribution is -2.29. The smallest absolute Gasteiger partial charge is 0.333 e. The van der Waals surface area contributed by atoms with E-state index in [1.165, 1.54) is 10.6 Å². The summed E-state index contributed by atoms with van der Waals surface area (Å²) in [6.07, 6.45) is 0. The summed E-state index contributed by atoms with van der Waals surface area (Å²) in [7, 11) is 0. The van der Waals surface area contributed by atoms with Gasteiger partial charge in [-0.25, -0.2) is 4.79 Å². The Kier molecular flexibility index (Phi) is 3.62. The molecule has 1 heterocycles. The van der Waals surface area contributed by atoms with Crippen LogP contribution in [0.4, 0.5) is 0 Å². The van der Waals surface area contributed by atoms with Crippen LogP contribution in [0.2, 0.25) is 0 Å². The Morgan fingerprint density at radius 1 is 0.909 bits per heavy atom. The first-order chi connectivity index (χ1) is 10.6. The molecule has 0 radical (unpaired) electrons. The van der Waals surface area contributed by atoms with Crippen molar-refractivity contribution in [2.45, 2.75) is 6.92 Å². The number of aromatic nitrogens is 2. The van der Waals surface area contributed by atoms with Crippen molar-refractivity contribution in [3.05, 3.63) is 87.2 Å². The highest BCUT2D eigenvalue weighted by Crippen LogP contribution is 2.22. The zero-order valence-electron chi connectivity index (χ0n) is 11.9. The summed E-state index contributed by atoms with van der Waals surface area (Å²) >= 11 is 0. The molecule has 0 aliphatic carbocycles. The van der Waals surface area contributed by atoms with Gasteiger partial charge >= 0.3 is 5.69 Å². The Bertz CT molecular complexity index is 894. The van der Waals surface area contributed by atoms with E-state index < -0.39 is 11.2 Å². The van der Waals surface area contributed by atoms with Crippen LogP contribution in [0.25, 0.3) is 5.69 Å². The van der Waals surface area contributed by atoms with Crippen molar-refractivity contribution in [1.82, 2.24) is 9.55 Å². The molecule has 22 heavy (non-hydrogen) atoms. The highest BCUT2D eigenvalue weighted by Gasteiger charge is 2.05. The van der Waals surface area contributed by atoms with Crippen molar-refractivity contribution >= 4 is 0 Å². The van der Waals surface area contributed by atoms with E-state index in [9.17, 15) is 9.59 Å². The molecule has 0 bridgehead atoms. The first kappa shape index (κ1) is 13.9. The van der Waals surface area contributed by atoms with Crippen LogP contribution >= 0.6 is 0 Å².